The average molecular weight is 274 g/mol. The van der Waals surface area contributed by atoms with Crippen LogP contribution in [0.15, 0.2) is 18.2 Å². The number of nitrogens with two attached hydrogens (primary N) is 1. The Labute approximate surface area is 119 Å². The van der Waals surface area contributed by atoms with E-state index in [0.29, 0.717) is 18.8 Å². The molecule has 4 nitrogen and oxygen atoms in total. The molecule has 0 unspecified atom stereocenters. The van der Waals surface area contributed by atoms with E-state index in [9.17, 15) is 4.79 Å². The minimum Gasteiger partial charge on any atom is -0.461 e. The molecule has 0 fully saturated rings. The van der Waals surface area contributed by atoms with E-state index < -0.39 is 0 Å². The van der Waals surface area contributed by atoms with Gasteiger partial charge in [-0.15, -0.1) is 0 Å². The number of esters is 1. The summed E-state index contributed by atoms with van der Waals surface area (Å²) in [4.78, 5) is 15.1. The molecule has 1 aromatic carbocycles. The Morgan fingerprint density at radius 2 is 2.15 bits per heavy atom. The fraction of sp³-hybridized carbons (Fsp3) is 0.438. The number of benzene rings is 1. The molecule has 20 heavy (non-hydrogen) atoms. The van der Waals surface area contributed by atoms with E-state index in [0.717, 1.165) is 22.9 Å². The summed E-state index contributed by atoms with van der Waals surface area (Å²) in [5, 5.41) is 1.03. The van der Waals surface area contributed by atoms with Crippen molar-refractivity contribution in [2.75, 3.05) is 6.61 Å². The summed E-state index contributed by atoms with van der Waals surface area (Å²) in [5.74, 6) is -0.334. The maximum absolute atomic E-state index is 11.9. The number of aromatic amines is 1. The normalized spacial score (nSPS) is 10.9. The number of carbonyl (C=O) groups is 1. The predicted octanol–water partition coefficient (Wildman–Crippen LogP) is 3.15. The molecule has 108 valence electrons. The Balaban J connectivity index is 2.43. The molecular weight excluding hydrogens is 252 g/mol. The molecule has 4 heteroatoms. The van der Waals surface area contributed by atoms with Gasteiger partial charge in [0, 0.05) is 23.0 Å². The van der Waals surface area contributed by atoms with Crippen LogP contribution in [0.3, 0.4) is 0 Å². The Morgan fingerprint density at radius 1 is 1.35 bits per heavy atom. The number of H-pyrrole nitrogens is 1. The van der Waals surface area contributed by atoms with Crippen LogP contribution in [0.2, 0.25) is 0 Å². The lowest BCUT2D eigenvalue weighted by Crippen LogP contribution is -2.10. The van der Waals surface area contributed by atoms with Gasteiger partial charge in [-0.2, -0.15) is 0 Å². The van der Waals surface area contributed by atoms with Crippen LogP contribution in [0.25, 0.3) is 10.9 Å². The molecule has 0 amide bonds. The smallest absolute Gasteiger partial charge is 0.355 e. The van der Waals surface area contributed by atoms with Crippen LogP contribution in [-0.4, -0.2) is 17.6 Å². The fourth-order valence-electron chi connectivity index (χ4n) is 2.42. The van der Waals surface area contributed by atoms with Crippen molar-refractivity contribution in [2.45, 2.75) is 39.7 Å². The van der Waals surface area contributed by atoms with Crippen LogP contribution in [0.4, 0.5) is 0 Å². The third-order valence-corrected chi connectivity index (χ3v) is 3.47. The molecule has 0 aliphatic rings. The largest absolute Gasteiger partial charge is 0.461 e. The number of nitrogens with one attached hydrogen (secondary N) is 1. The summed E-state index contributed by atoms with van der Waals surface area (Å²) in [7, 11) is 0. The first kappa shape index (κ1) is 14.6. The van der Waals surface area contributed by atoms with Crippen molar-refractivity contribution in [1.29, 1.82) is 0 Å². The highest BCUT2D eigenvalue weighted by molar-refractivity contribution is 5.98. The van der Waals surface area contributed by atoms with E-state index in [1.54, 1.807) is 6.92 Å². The molecule has 0 saturated heterocycles. The summed E-state index contributed by atoms with van der Waals surface area (Å²) in [6.07, 6.45) is 3.39. The molecule has 2 aromatic rings. The van der Waals surface area contributed by atoms with Gasteiger partial charge in [0.1, 0.15) is 5.69 Å². The van der Waals surface area contributed by atoms with Crippen molar-refractivity contribution in [2.24, 2.45) is 5.73 Å². The zero-order valence-corrected chi connectivity index (χ0v) is 12.2. The van der Waals surface area contributed by atoms with Gasteiger partial charge in [-0.25, -0.2) is 4.79 Å². The lowest BCUT2D eigenvalue weighted by atomic mass is 10.0. The average Bonchev–Trinajstić information content (AvgIpc) is 2.83. The van der Waals surface area contributed by atoms with Crippen molar-refractivity contribution in [3.63, 3.8) is 0 Å². The lowest BCUT2D eigenvalue weighted by molar-refractivity contribution is 0.0519. The van der Waals surface area contributed by atoms with Gasteiger partial charge in [-0.3, -0.25) is 0 Å². The van der Waals surface area contributed by atoms with Crippen molar-refractivity contribution < 1.29 is 9.53 Å². The number of ether oxygens (including phenoxy) is 1. The Hall–Kier alpha value is -1.81. The number of aromatic nitrogens is 1. The summed E-state index contributed by atoms with van der Waals surface area (Å²) in [6.45, 7) is 4.66. The lowest BCUT2D eigenvalue weighted by Gasteiger charge is -2.03. The molecule has 1 aromatic heterocycles. The fourth-order valence-corrected chi connectivity index (χ4v) is 2.42. The number of unbranched alkanes of at least 4 members (excludes halogenated alkanes) is 1. The van der Waals surface area contributed by atoms with Gasteiger partial charge in [-0.1, -0.05) is 19.4 Å². The first-order valence-corrected chi connectivity index (χ1v) is 7.21. The molecule has 0 aliphatic carbocycles. The summed E-state index contributed by atoms with van der Waals surface area (Å²) in [6, 6.07) is 6.25. The molecule has 0 atom stereocenters. The molecule has 1 heterocycles. The standard InChI is InChI=1S/C16H22N2O2/c1-3-5-6-11-7-8-14-12(9-11)13(10-17)15(18-14)16(19)20-4-2/h7-9,18H,3-6,10,17H2,1-2H3. The highest BCUT2D eigenvalue weighted by Crippen LogP contribution is 2.24. The maximum atomic E-state index is 11.9. The topological polar surface area (TPSA) is 68.1 Å². The molecule has 2 rings (SSSR count). The third kappa shape index (κ3) is 2.85. The molecule has 0 aliphatic heterocycles. The van der Waals surface area contributed by atoms with Crippen molar-refractivity contribution in [3.8, 4) is 0 Å². The molecule has 0 spiro atoms. The van der Waals surface area contributed by atoms with E-state index in [1.165, 1.54) is 18.4 Å². The van der Waals surface area contributed by atoms with Crippen molar-refractivity contribution in [3.05, 3.63) is 35.0 Å². The minimum atomic E-state index is -0.334. The van der Waals surface area contributed by atoms with Crippen LogP contribution in [0.1, 0.15) is 48.3 Å². The zero-order valence-electron chi connectivity index (χ0n) is 12.2. The zero-order chi connectivity index (χ0) is 14.5. The van der Waals surface area contributed by atoms with Crippen molar-refractivity contribution in [1.82, 2.24) is 4.98 Å². The Bertz CT molecular complexity index is 602. The summed E-state index contributed by atoms with van der Waals surface area (Å²) >= 11 is 0. The van der Waals surface area contributed by atoms with Gasteiger partial charge in [0.2, 0.25) is 0 Å². The molecular formula is C16H22N2O2. The van der Waals surface area contributed by atoms with Gasteiger partial charge < -0.3 is 15.5 Å². The minimum absolute atomic E-state index is 0.325. The second-order valence-corrected chi connectivity index (χ2v) is 4.89. The van der Waals surface area contributed by atoms with E-state index in [-0.39, 0.29) is 5.97 Å². The van der Waals surface area contributed by atoms with E-state index in [4.69, 9.17) is 10.5 Å². The van der Waals surface area contributed by atoms with E-state index in [1.807, 2.05) is 6.07 Å². The first-order chi connectivity index (χ1) is 9.71. The monoisotopic (exact) mass is 274 g/mol. The van der Waals surface area contributed by atoms with Crippen LogP contribution >= 0.6 is 0 Å². The van der Waals surface area contributed by atoms with E-state index in [2.05, 4.69) is 24.0 Å². The summed E-state index contributed by atoms with van der Waals surface area (Å²) < 4.78 is 5.07. The van der Waals surface area contributed by atoms with Crippen LogP contribution < -0.4 is 5.73 Å². The summed E-state index contributed by atoms with van der Waals surface area (Å²) in [5.41, 5.74) is 9.36. The van der Waals surface area contributed by atoms with Gasteiger partial charge in [0.05, 0.1) is 6.61 Å². The molecule has 0 saturated carbocycles. The van der Waals surface area contributed by atoms with Gasteiger partial charge in [0.15, 0.2) is 0 Å². The van der Waals surface area contributed by atoms with Gasteiger partial charge in [-0.05, 0) is 37.5 Å². The number of rotatable bonds is 6. The molecule has 0 bridgehead atoms. The van der Waals surface area contributed by atoms with Gasteiger partial charge in [0.25, 0.3) is 0 Å². The predicted molar refractivity (Wildman–Crippen MR) is 80.8 cm³/mol. The number of hydrogen-bond acceptors (Lipinski definition) is 3. The SMILES string of the molecule is CCCCc1ccc2[nH]c(C(=O)OCC)c(CN)c2c1. The highest BCUT2D eigenvalue weighted by atomic mass is 16.5. The molecule has 0 radical (unpaired) electrons. The Morgan fingerprint density at radius 3 is 2.80 bits per heavy atom. The van der Waals surface area contributed by atoms with Crippen molar-refractivity contribution >= 4 is 16.9 Å². The maximum Gasteiger partial charge on any atom is 0.355 e. The number of fused-ring (bicyclic) bond motifs is 1. The highest BCUT2D eigenvalue weighted by Gasteiger charge is 2.17. The second-order valence-electron chi connectivity index (χ2n) is 4.89. The number of carbonyl (C=O) groups excluding carboxylic acids is 1. The molecule has 3 N–H and O–H groups in total. The first-order valence-electron chi connectivity index (χ1n) is 7.21. The van der Waals surface area contributed by atoms with Crippen LogP contribution in [0, 0.1) is 0 Å². The number of hydrogen-bond donors (Lipinski definition) is 2. The quantitative estimate of drug-likeness (QED) is 0.795. The second kappa shape index (κ2) is 6.57. The van der Waals surface area contributed by atoms with Crippen LogP contribution in [-0.2, 0) is 17.7 Å². The van der Waals surface area contributed by atoms with Crippen LogP contribution in [0.5, 0.6) is 0 Å². The number of aryl methyl sites for hydroxylation is 1. The third-order valence-electron chi connectivity index (χ3n) is 3.47. The Kier molecular flexibility index (Phi) is 4.79. The van der Waals surface area contributed by atoms with E-state index >= 15 is 0 Å². The van der Waals surface area contributed by atoms with Gasteiger partial charge >= 0.3 is 5.97 Å².